The standard InChI is InChI=1S/C26H28F3N3O8/c1-32(2)19-11-7-9-6-10-12(27)8-13(31-15(33)5-3-4-14(28)29)20(34)17(10)21(35)16(9)23(37)26(11,40)24(38)18(22(19)36)25(30)39/h8-9,11,14,19,34-35,38,40H,3-7H2,1-2H3,(H2,30,39)(H,31,33)/t9-,11-,19-,26-/m0/s1. The number of carbonyl (C=O) groups excluding carboxylic acids is 4. The van der Waals surface area contributed by atoms with Gasteiger partial charge in [-0.15, -0.1) is 0 Å². The summed E-state index contributed by atoms with van der Waals surface area (Å²) in [5.74, 6) is -10.6. The van der Waals surface area contributed by atoms with E-state index >= 15 is 4.39 Å². The van der Waals surface area contributed by atoms with Gasteiger partial charge in [0, 0.05) is 36.0 Å². The number of hydrogen-bond acceptors (Lipinski definition) is 9. The van der Waals surface area contributed by atoms with Crippen LogP contribution in [0.3, 0.4) is 0 Å². The number of fused-ring (bicyclic) bond motifs is 3. The number of phenols is 1. The molecule has 216 valence electrons. The Morgan fingerprint density at radius 1 is 1.23 bits per heavy atom. The molecule has 0 aromatic heterocycles. The van der Waals surface area contributed by atoms with Gasteiger partial charge in [-0.2, -0.15) is 0 Å². The molecule has 1 aromatic carbocycles. The minimum absolute atomic E-state index is 0.177. The van der Waals surface area contributed by atoms with Gasteiger partial charge in [0.05, 0.1) is 17.3 Å². The highest BCUT2D eigenvalue weighted by molar-refractivity contribution is 6.24. The molecule has 0 heterocycles. The van der Waals surface area contributed by atoms with Crippen molar-refractivity contribution in [1.29, 1.82) is 0 Å². The summed E-state index contributed by atoms with van der Waals surface area (Å²) in [5.41, 5.74) is -0.270. The Bertz CT molecular complexity index is 1390. The van der Waals surface area contributed by atoms with E-state index < -0.39 is 105 Å². The highest BCUT2D eigenvalue weighted by Crippen LogP contribution is 2.53. The van der Waals surface area contributed by atoms with Crippen molar-refractivity contribution in [3.63, 3.8) is 0 Å². The maximum Gasteiger partial charge on any atom is 0.255 e. The van der Waals surface area contributed by atoms with Gasteiger partial charge < -0.3 is 31.5 Å². The van der Waals surface area contributed by atoms with Gasteiger partial charge in [0.25, 0.3) is 5.91 Å². The minimum atomic E-state index is -2.85. The zero-order valence-electron chi connectivity index (χ0n) is 21.5. The molecule has 1 saturated carbocycles. The topological polar surface area (TPSA) is 190 Å². The molecule has 1 fully saturated rings. The molecule has 4 rings (SSSR count). The molecule has 0 unspecified atom stereocenters. The van der Waals surface area contributed by atoms with Crippen molar-refractivity contribution in [2.45, 2.75) is 50.2 Å². The summed E-state index contributed by atoms with van der Waals surface area (Å²) in [6.07, 6.45) is -4.18. The van der Waals surface area contributed by atoms with Crippen LogP contribution in [0.1, 0.15) is 36.8 Å². The number of halogens is 3. The van der Waals surface area contributed by atoms with Crippen molar-refractivity contribution in [3.8, 4) is 5.75 Å². The fraction of sp³-hybridized carbons (Fsp3) is 0.462. The van der Waals surface area contributed by atoms with Crippen molar-refractivity contribution in [3.05, 3.63) is 39.9 Å². The van der Waals surface area contributed by atoms with E-state index in [9.17, 15) is 48.4 Å². The van der Waals surface area contributed by atoms with Gasteiger partial charge in [-0.1, -0.05) is 0 Å². The number of ketones is 2. The zero-order chi connectivity index (χ0) is 29.8. The van der Waals surface area contributed by atoms with Crippen LogP contribution >= 0.6 is 0 Å². The summed E-state index contributed by atoms with van der Waals surface area (Å²) in [6.45, 7) is 0. The number of Topliss-reactive ketones (excluding diaryl/α,β-unsaturated/α-hetero) is 2. The monoisotopic (exact) mass is 567 g/mol. The van der Waals surface area contributed by atoms with Gasteiger partial charge in [0.1, 0.15) is 22.9 Å². The summed E-state index contributed by atoms with van der Waals surface area (Å²) in [6, 6.07) is -0.489. The molecule has 0 aliphatic heterocycles. The van der Waals surface area contributed by atoms with E-state index in [1.807, 2.05) is 0 Å². The van der Waals surface area contributed by atoms with Crippen molar-refractivity contribution in [2.75, 3.05) is 19.4 Å². The SMILES string of the molecule is CN(C)[C@@H]1C(=O)C(C(N)=O)=C(O)[C@@]2(O)C(=O)C3=C(O)c4c(O)c(NC(=O)CCCC(F)F)cc(F)c4C[C@H]3C[C@@H]12. The number of aromatic hydroxyl groups is 1. The summed E-state index contributed by atoms with van der Waals surface area (Å²) < 4.78 is 40.0. The average Bonchev–Trinajstić information content (AvgIpc) is 2.83. The predicted octanol–water partition coefficient (Wildman–Crippen LogP) is 1.48. The summed E-state index contributed by atoms with van der Waals surface area (Å²) in [4.78, 5) is 52.4. The number of amides is 2. The van der Waals surface area contributed by atoms with E-state index in [0.29, 0.717) is 0 Å². The van der Waals surface area contributed by atoms with Crippen molar-refractivity contribution in [2.24, 2.45) is 17.6 Å². The minimum Gasteiger partial charge on any atom is -0.508 e. The van der Waals surface area contributed by atoms with E-state index in [2.05, 4.69) is 5.32 Å². The molecule has 11 nitrogen and oxygen atoms in total. The molecule has 4 atom stereocenters. The van der Waals surface area contributed by atoms with E-state index in [-0.39, 0.29) is 31.2 Å². The Morgan fingerprint density at radius 3 is 2.45 bits per heavy atom. The van der Waals surface area contributed by atoms with Gasteiger partial charge in [0.2, 0.25) is 18.1 Å². The molecule has 3 aliphatic carbocycles. The molecular formula is C26H28F3N3O8. The maximum absolute atomic E-state index is 15.2. The van der Waals surface area contributed by atoms with E-state index in [0.717, 1.165) is 6.07 Å². The van der Waals surface area contributed by atoms with Crippen LogP contribution in [0, 0.1) is 17.7 Å². The number of benzene rings is 1. The number of phenolic OH excluding ortho intramolecular Hbond substituents is 1. The predicted molar refractivity (Wildman–Crippen MR) is 133 cm³/mol. The first-order valence-corrected chi connectivity index (χ1v) is 12.4. The van der Waals surface area contributed by atoms with Crippen LogP contribution in [0.2, 0.25) is 0 Å². The first-order chi connectivity index (χ1) is 18.6. The van der Waals surface area contributed by atoms with Crippen LogP contribution in [0.15, 0.2) is 23.0 Å². The third-order valence-electron chi connectivity index (χ3n) is 7.77. The number of hydrogen-bond donors (Lipinski definition) is 6. The number of primary amides is 1. The molecule has 0 spiro atoms. The van der Waals surface area contributed by atoms with Crippen molar-refractivity contribution < 1.29 is 52.8 Å². The normalized spacial score (nSPS) is 26.1. The second-order valence-corrected chi connectivity index (χ2v) is 10.4. The summed E-state index contributed by atoms with van der Waals surface area (Å²) in [5, 5.41) is 46.6. The largest absolute Gasteiger partial charge is 0.508 e. The average molecular weight is 568 g/mol. The molecular weight excluding hydrogens is 539 g/mol. The number of nitrogens with two attached hydrogens (primary N) is 1. The number of likely N-dealkylation sites (N-methyl/N-ethyl adjacent to an activating group) is 1. The molecule has 2 amide bonds. The Balaban J connectivity index is 1.81. The lowest BCUT2D eigenvalue weighted by Gasteiger charge is -2.50. The maximum atomic E-state index is 15.2. The Hall–Kier alpha value is -3.91. The summed E-state index contributed by atoms with van der Waals surface area (Å²) >= 11 is 0. The van der Waals surface area contributed by atoms with Crippen molar-refractivity contribution >= 4 is 34.8 Å². The smallest absolute Gasteiger partial charge is 0.255 e. The molecule has 40 heavy (non-hydrogen) atoms. The molecule has 1 aromatic rings. The number of anilines is 1. The van der Waals surface area contributed by atoms with Crippen LogP contribution < -0.4 is 11.1 Å². The number of nitrogens with one attached hydrogen (secondary N) is 1. The van der Waals surface area contributed by atoms with Gasteiger partial charge in [0.15, 0.2) is 17.1 Å². The lowest BCUT2D eigenvalue weighted by molar-refractivity contribution is -0.153. The van der Waals surface area contributed by atoms with Crippen molar-refractivity contribution in [1.82, 2.24) is 4.90 Å². The third-order valence-corrected chi connectivity index (χ3v) is 7.77. The highest BCUT2D eigenvalue weighted by Gasteiger charge is 2.64. The molecule has 0 radical (unpaired) electrons. The van der Waals surface area contributed by atoms with Crippen LogP contribution in [-0.4, -0.2) is 80.9 Å². The lowest BCUT2D eigenvalue weighted by Crippen LogP contribution is -2.65. The Kier molecular flexibility index (Phi) is 7.45. The van der Waals surface area contributed by atoms with Gasteiger partial charge in [-0.05, 0) is 39.3 Å². The number of alkyl halides is 2. The Morgan fingerprint density at radius 2 is 1.88 bits per heavy atom. The van der Waals surface area contributed by atoms with Crippen LogP contribution in [0.25, 0.3) is 5.76 Å². The van der Waals surface area contributed by atoms with E-state index in [1.165, 1.54) is 19.0 Å². The number of aliphatic hydroxyl groups excluding tert-OH is 2. The first-order valence-electron chi connectivity index (χ1n) is 12.4. The van der Waals surface area contributed by atoms with Gasteiger partial charge in [-0.25, -0.2) is 13.2 Å². The molecule has 7 N–H and O–H groups in total. The second kappa shape index (κ2) is 10.2. The molecule has 0 bridgehead atoms. The number of aliphatic hydroxyl groups is 3. The Labute approximate surface area is 225 Å². The second-order valence-electron chi connectivity index (χ2n) is 10.4. The van der Waals surface area contributed by atoms with Crippen LogP contribution in [0.5, 0.6) is 5.75 Å². The zero-order valence-corrected chi connectivity index (χ0v) is 21.5. The summed E-state index contributed by atoms with van der Waals surface area (Å²) in [7, 11) is 2.91. The number of carbonyl (C=O) groups is 4. The molecule has 14 heteroatoms. The van der Waals surface area contributed by atoms with E-state index in [1.54, 1.807) is 0 Å². The third kappa shape index (κ3) is 4.40. The fourth-order valence-corrected chi connectivity index (χ4v) is 5.99. The molecule has 3 aliphatic rings. The van der Waals surface area contributed by atoms with Crippen LogP contribution in [0.4, 0.5) is 18.9 Å². The molecule has 0 saturated heterocycles. The number of rotatable bonds is 7. The van der Waals surface area contributed by atoms with Crippen LogP contribution in [-0.2, 0) is 25.6 Å². The lowest BCUT2D eigenvalue weighted by atomic mass is 9.57. The quantitative estimate of drug-likeness (QED) is 0.209. The number of nitrogens with zero attached hydrogens (tertiary/aromatic N) is 1. The van der Waals surface area contributed by atoms with E-state index in [4.69, 9.17) is 5.73 Å². The van der Waals surface area contributed by atoms with Gasteiger partial charge in [-0.3, -0.25) is 24.1 Å². The first kappa shape index (κ1) is 29.1. The van der Waals surface area contributed by atoms with Gasteiger partial charge >= 0.3 is 0 Å². The fourth-order valence-electron chi connectivity index (χ4n) is 5.99. The highest BCUT2D eigenvalue weighted by atomic mass is 19.3.